The molecule has 0 aliphatic carbocycles. The number of hydrogen-bond donors (Lipinski definition) is 1. The van der Waals surface area contributed by atoms with Crippen LogP contribution in [-0.4, -0.2) is 29.9 Å². The van der Waals surface area contributed by atoms with E-state index in [1.807, 2.05) is 4.90 Å². The number of anilines is 1. The third-order valence-electron chi connectivity index (χ3n) is 6.53. The molecule has 1 amide bonds. The summed E-state index contributed by atoms with van der Waals surface area (Å²) >= 11 is 0. The summed E-state index contributed by atoms with van der Waals surface area (Å²) in [6, 6.07) is 15.5. The number of benzene rings is 2. The van der Waals surface area contributed by atoms with Crippen LogP contribution in [0.4, 0.5) is 5.69 Å². The second-order valence-corrected chi connectivity index (χ2v) is 8.60. The summed E-state index contributed by atoms with van der Waals surface area (Å²) in [6.07, 6.45) is 5.76. The highest BCUT2D eigenvalue weighted by Crippen LogP contribution is 2.39. The monoisotopic (exact) mass is 391 g/mol. The molecule has 2 heterocycles. The minimum absolute atomic E-state index is 0.0242. The van der Waals surface area contributed by atoms with Gasteiger partial charge in [0, 0.05) is 31.2 Å². The second kappa shape index (κ2) is 8.68. The first kappa shape index (κ1) is 20.1. The number of piperidine rings is 1. The van der Waals surface area contributed by atoms with Crippen LogP contribution in [0.5, 0.6) is 0 Å². The summed E-state index contributed by atoms with van der Waals surface area (Å²) in [5, 5.41) is 0. The van der Waals surface area contributed by atoms with E-state index < -0.39 is 0 Å². The van der Waals surface area contributed by atoms with Crippen molar-refractivity contribution in [2.75, 3.05) is 18.0 Å². The molecule has 2 aliphatic heterocycles. The predicted octanol–water partition coefficient (Wildman–Crippen LogP) is 4.87. The van der Waals surface area contributed by atoms with Crippen LogP contribution in [0.1, 0.15) is 63.1 Å². The van der Waals surface area contributed by atoms with Crippen molar-refractivity contribution in [3.63, 3.8) is 0 Å². The standard InChI is InChI=1S/C25H33N3O/c1-3-22-16-24(26)23-15-21(11-12-25(23)28(22)18(2)29)20-9-7-19(8-10-20)17-27-13-5-4-6-14-27/h7-12,15,22,24H,3-6,13-14,16-17,26H2,1-2H3. The van der Waals surface area contributed by atoms with Gasteiger partial charge in [0.05, 0.1) is 0 Å². The van der Waals surface area contributed by atoms with Crippen LogP contribution < -0.4 is 10.6 Å². The number of rotatable bonds is 4. The molecular weight excluding hydrogens is 358 g/mol. The van der Waals surface area contributed by atoms with E-state index in [9.17, 15) is 4.79 Å². The number of fused-ring (bicyclic) bond motifs is 1. The van der Waals surface area contributed by atoms with E-state index in [1.54, 1.807) is 6.92 Å². The molecular formula is C25H33N3O. The number of nitrogens with zero attached hydrogens (tertiary/aromatic N) is 2. The van der Waals surface area contributed by atoms with Gasteiger partial charge in [-0.3, -0.25) is 9.69 Å². The molecule has 2 unspecified atom stereocenters. The lowest BCUT2D eigenvalue weighted by Crippen LogP contribution is -2.44. The molecule has 4 heteroatoms. The third kappa shape index (κ3) is 4.24. The van der Waals surface area contributed by atoms with Gasteiger partial charge in [-0.15, -0.1) is 0 Å². The molecule has 2 aliphatic rings. The Kier molecular flexibility index (Phi) is 6.02. The van der Waals surface area contributed by atoms with Crippen LogP contribution in [0.2, 0.25) is 0 Å². The van der Waals surface area contributed by atoms with Crippen molar-refractivity contribution in [3.05, 3.63) is 53.6 Å². The molecule has 0 saturated carbocycles. The van der Waals surface area contributed by atoms with Gasteiger partial charge in [-0.05, 0) is 73.2 Å². The Bertz CT molecular complexity index is 855. The topological polar surface area (TPSA) is 49.6 Å². The van der Waals surface area contributed by atoms with Gasteiger partial charge in [-0.25, -0.2) is 0 Å². The Balaban J connectivity index is 1.57. The quantitative estimate of drug-likeness (QED) is 0.808. The van der Waals surface area contributed by atoms with Crippen molar-refractivity contribution in [2.24, 2.45) is 5.73 Å². The molecule has 0 spiro atoms. The van der Waals surface area contributed by atoms with Gasteiger partial charge < -0.3 is 10.6 Å². The average Bonchev–Trinajstić information content (AvgIpc) is 2.74. The van der Waals surface area contributed by atoms with Crippen molar-refractivity contribution < 1.29 is 4.79 Å². The van der Waals surface area contributed by atoms with Gasteiger partial charge in [0.15, 0.2) is 0 Å². The van der Waals surface area contributed by atoms with Gasteiger partial charge >= 0.3 is 0 Å². The fraction of sp³-hybridized carbons (Fsp3) is 0.480. The van der Waals surface area contributed by atoms with Crippen molar-refractivity contribution in [1.82, 2.24) is 4.90 Å². The Morgan fingerprint density at radius 1 is 1.03 bits per heavy atom. The molecule has 0 radical (unpaired) electrons. The summed E-state index contributed by atoms with van der Waals surface area (Å²) in [6.45, 7) is 7.25. The highest BCUT2D eigenvalue weighted by molar-refractivity contribution is 5.94. The molecule has 4 nitrogen and oxygen atoms in total. The number of carbonyl (C=O) groups is 1. The maximum Gasteiger partial charge on any atom is 0.224 e. The van der Waals surface area contributed by atoms with Crippen LogP contribution >= 0.6 is 0 Å². The van der Waals surface area contributed by atoms with Gasteiger partial charge in [-0.2, -0.15) is 0 Å². The lowest BCUT2D eigenvalue weighted by atomic mass is 9.88. The summed E-state index contributed by atoms with van der Waals surface area (Å²) < 4.78 is 0. The number of nitrogens with two attached hydrogens (primary N) is 1. The van der Waals surface area contributed by atoms with Gasteiger partial charge in [-0.1, -0.05) is 43.7 Å². The highest BCUT2D eigenvalue weighted by Gasteiger charge is 2.32. The number of likely N-dealkylation sites (tertiary alicyclic amines) is 1. The molecule has 1 fully saturated rings. The van der Waals surface area contributed by atoms with Crippen LogP contribution in [-0.2, 0) is 11.3 Å². The van der Waals surface area contributed by atoms with E-state index in [1.165, 1.54) is 49.0 Å². The van der Waals surface area contributed by atoms with Crippen LogP contribution in [0, 0.1) is 0 Å². The molecule has 29 heavy (non-hydrogen) atoms. The second-order valence-electron chi connectivity index (χ2n) is 8.60. The zero-order valence-corrected chi connectivity index (χ0v) is 17.7. The van der Waals surface area contributed by atoms with Crippen molar-refractivity contribution in [2.45, 2.75) is 64.6 Å². The predicted molar refractivity (Wildman–Crippen MR) is 120 cm³/mol. The van der Waals surface area contributed by atoms with Crippen LogP contribution in [0.3, 0.4) is 0 Å². The number of amides is 1. The van der Waals surface area contributed by atoms with E-state index >= 15 is 0 Å². The molecule has 4 rings (SSSR count). The highest BCUT2D eigenvalue weighted by atomic mass is 16.2. The molecule has 154 valence electrons. The lowest BCUT2D eigenvalue weighted by molar-refractivity contribution is -0.117. The summed E-state index contributed by atoms with van der Waals surface area (Å²) in [5.41, 5.74) is 12.3. The Labute approximate surface area is 174 Å². The Morgan fingerprint density at radius 3 is 2.38 bits per heavy atom. The fourth-order valence-corrected chi connectivity index (χ4v) is 4.93. The van der Waals surface area contributed by atoms with Gasteiger partial charge in [0.25, 0.3) is 0 Å². The Hall–Kier alpha value is -2.17. The molecule has 2 N–H and O–H groups in total. The minimum atomic E-state index is -0.0242. The maximum atomic E-state index is 12.3. The zero-order valence-electron chi connectivity index (χ0n) is 17.7. The average molecular weight is 392 g/mol. The first-order valence-electron chi connectivity index (χ1n) is 11.1. The molecule has 2 atom stereocenters. The number of hydrogen-bond acceptors (Lipinski definition) is 3. The zero-order chi connectivity index (χ0) is 20.4. The van der Waals surface area contributed by atoms with Crippen molar-refractivity contribution >= 4 is 11.6 Å². The maximum absolute atomic E-state index is 12.3. The molecule has 1 saturated heterocycles. The first-order valence-corrected chi connectivity index (χ1v) is 11.1. The largest absolute Gasteiger partial charge is 0.324 e. The van der Waals surface area contributed by atoms with Crippen molar-refractivity contribution in [1.29, 1.82) is 0 Å². The van der Waals surface area contributed by atoms with Crippen LogP contribution in [0.25, 0.3) is 11.1 Å². The molecule has 2 aromatic carbocycles. The van der Waals surface area contributed by atoms with Crippen molar-refractivity contribution in [3.8, 4) is 11.1 Å². The molecule has 2 aromatic rings. The molecule has 0 aromatic heterocycles. The summed E-state index contributed by atoms with van der Waals surface area (Å²) in [4.78, 5) is 16.8. The first-order chi connectivity index (χ1) is 14.1. The molecule has 0 bridgehead atoms. The third-order valence-corrected chi connectivity index (χ3v) is 6.53. The van der Waals surface area contributed by atoms with E-state index in [4.69, 9.17) is 5.73 Å². The van der Waals surface area contributed by atoms with Gasteiger partial charge in [0.1, 0.15) is 0 Å². The summed E-state index contributed by atoms with van der Waals surface area (Å²) in [7, 11) is 0. The van der Waals surface area contributed by atoms with E-state index in [-0.39, 0.29) is 18.0 Å². The fourth-order valence-electron chi connectivity index (χ4n) is 4.93. The smallest absolute Gasteiger partial charge is 0.224 e. The van der Waals surface area contributed by atoms with E-state index in [0.717, 1.165) is 30.6 Å². The minimum Gasteiger partial charge on any atom is -0.324 e. The SMILES string of the molecule is CCC1CC(N)c2cc(-c3ccc(CN4CCCCC4)cc3)ccc2N1C(C)=O. The normalized spacial score (nSPS) is 22.4. The van der Waals surface area contributed by atoms with E-state index in [2.05, 4.69) is 54.3 Å². The Morgan fingerprint density at radius 2 is 1.72 bits per heavy atom. The number of carbonyl (C=O) groups excluding carboxylic acids is 1. The van der Waals surface area contributed by atoms with Gasteiger partial charge in [0.2, 0.25) is 5.91 Å². The summed E-state index contributed by atoms with van der Waals surface area (Å²) in [5.74, 6) is 0.0971. The lowest BCUT2D eigenvalue weighted by Gasteiger charge is -2.39. The van der Waals surface area contributed by atoms with Crippen LogP contribution in [0.15, 0.2) is 42.5 Å². The van der Waals surface area contributed by atoms with E-state index in [0.29, 0.717) is 0 Å².